The van der Waals surface area contributed by atoms with Crippen LogP contribution >= 0.6 is 0 Å². The summed E-state index contributed by atoms with van der Waals surface area (Å²) in [6.07, 6.45) is 0. The second kappa shape index (κ2) is 11.5. The van der Waals surface area contributed by atoms with E-state index in [2.05, 4.69) is 160 Å². The Morgan fingerprint density at radius 1 is 0.396 bits per heavy atom. The van der Waals surface area contributed by atoms with Gasteiger partial charge in [-0.15, -0.1) is 0 Å². The first kappa shape index (κ1) is 29.6. The number of fused-ring (bicyclic) bond motifs is 9. The van der Waals surface area contributed by atoms with Crippen molar-refractivity contribution >= 4 is 82.6 Å². The van der Waals surface area contributed by atoms with Crippen LogP contribution in [0.15, 0.2) is 186 Å². The summed E-state index contributed by atoms with van der Waals surface area (Å²) >= 11 is 0. The van der Waals surface area contributed by atoms with Gasteiger partial charge < -0.3 is 18.5 Å². The number of para-hydroxylation sites is 5. The molecule has 0 amide bonds. The number of aromatic nitrogens is 2. The number of benzene rings is 8. The van der Waals surface area contributed by atoms with Crippen LogP contribution in [0.4, 0.5) is 21.5 Å². The average Bonchev–Trinajstić information content (AvgIpc) is 3.87. The van der Waals surface area contributed by atoms with Crippen molar-refractivity contribution in [1.29, 1.82) is 0 Å². The molecule has 3 heterocycles. The summed E-state index contributed by atoms with van der Waals surface area (Å²) in [5.74, 6) is -0.254. The second-order valence-electron chi connectivity index (χ2n) is 13.5. The molecule has 0 spiro atoms. The van der Waals surface area contributed by atoms with Crippen molar-refractivity contribution in [3.63, 3.8) is 0 Å². The summed E-state index contributed by atoms with van der Waals surface area (Å²) < 4.78 is 25.3. The van der Waals surface area contributed by atoms with E-state index < -0.39 is 0 Å². The lowest BCUT2D eigenvalue weighted by Gasteiger charge is -2.26. The van der Waals surface area contributed by atoms with Gasteiger partial charge in [0.15, 0.2) is 5.58 Å². The third-order valence-corrected chi connectivity index (χ3v) is 10.6. The highest BCUT2D eigenvalue weighted by Gasteiger charge is 2.23. The highest BCUT2D eigenvalue weighted by Crippen LogP contribution is 2.45. The monoisotopic (exact) mass is 683 g/mol. The summed E-state index contributed by atoms with van der Waals surface area (Å²) in [6.45, 7) is 0. The van der Waals surface area contributed by atoms with Crippen LogP contribution in [-0.2, 0) is 0 Å². The largest absolute Gasteiger partial charge is 0.454 e. The predicted molar refractivity (Wildman–Crippen MR) is 217 cm³/mol. The predicted octanol–water partition coefficient (Wildman–Crippen LogP) is 13.4. The van der Waals surface area contributed by atoms with E-state index in [1.807, 2.05) is 24.3 Å². The van der Waals surface area contributed by atoms with Crippen LogP contribution in [0.2, 0.25) is 0 Å². The Labute approximate surface area is 303 Å². The number of rotatable bonds is 5. The molecule has 0 saturated heterocycles. The SMILES string of the molecule is Fc1ccc(-n2c3ccccc3c3cc(N(c4ccc5c6ccccc6n(-c6ccccc6)c5c4)c4cccc5c4oc4ccccc45)ccc32)cc1. The molecule has 0 N–H and O–H groups in total. The molecule has 250 valence electrons. The van der Waals surface area contributed by atoms with Gasteiger partial charge in [0, 0.05) is 55.1 Å². The molecule has 0 unspecified atom stereocenters. The van der Waals surface area contributed by atoms with Gasteiger partial charge in [-0.3, -0.25) is 0 Å². The van der Waals surface area contributed by atoms with E-state index in [1.165, 1.54) is 22.9 Å². The number of anilines is 3. The second-order valence-corrected chi connectivity index (χ2v) is 13.5. The molecule has 11 aromatic rings. The van der Waals surface area contributed by atoms with E-state index in [4.69, 9.17) is 4.42 Å². The maximum Gasteiger partial charge on any atom is 0.159 e. The van der Waals surface area contributed by atoms with Gasteiger partial charge in [-0.25, -0.2) is 4.39 Å². The lowest BCUT2D eigenvalue weighted by Crippen LogP contribution is -2.10. The summed E-state index contributed by atoms with van der Waals surface area (Å²) in [4.78, 5) is 2.32. The first-order valence-corrected chi connectivity index (χ1v) is 17.8. The molecule has 0 fully saturated rings. The zero-order valence-corrected chi connectivity index (χ0v) is 28.4. The van der Waals surface area contributed by atoms with E-state index >= 15 is 0 Å². The van der Waals surface area contributed by atoms with Crippen molar-refractivity contribution in [3.05, 3.63) is 188 Å². The topological polar surface area (TPSA) is 26.2 Å². The van der Waals surface area contributed by atoms with Gasteiger partial charge in [-0.1, -0.05) is 91.0 Å². The number of hydrogen-bond acceptors (Lipinski definition) is 2. The molecule has 0 aliphatic carbocycles. The smallest absolute Gasteiger partial charge is 0.159 e. The summed E-state index contributed by atoms with van der Waals surface area (Å²) in [7, 11) is 0. The molecule has 3 aromatic heterocycles. The Hall–Kier alpha value is -7.11. The van der Waals surface area contributed by atoms with Crippen molar-refractivity contribution in [3.8, 4) is 11.4 Å². The highest BCUT2D eigenvalue weighted by molar-refractivity contribution is 6.14. The van der Waals surface area contributed by atoms with Crippen molar-refractivity contribution in [2.45, 2.75) is 0 Å². The Bertz CT molecular complexity index is 3190. The summed E-state index contributed by atoms with van der Waals surface area (Å²) in [5.41, 5.74) is 11.0. The van der Waals surface area contributed by atoms with E-state index in [0.717, 1.165) is 83.2 Å². The molecule has 11 rings (SSSR count). The molecule has 0 saturated carbocycles. The molecule has 0 radical (unpaired) electrons. The molecule has 0 atom stereocenters. The molecule has 0 aliphatic rings. The fourth-order valence-electron chi connectivity index (χ4n) is 8.26. The average molecular weight is 684 g/mol. The van der Waals surface area contributed by atoms with Gasteiger partial charge >= 0.3 is 0 Å². The first-order chi connectivity index (χ1) is 26.2. The number of halogens is 1. The van der Waals surface area contributed by atoms with Crippen molar-refractivity contribution in [2.24, 2.45) is 0 Å². The lowest BCUT2D eigenvalue weighted by molar-refractivity contribution is 0.627. The quantitative estimate of drug-likeness (QED) is 0.180. The minimum absolute atomic E-state index is 0.254. The van der Waals surface area contributed by atoms with Gasteiger partial charge in [-0.05, 0) is 91.0 Å². The van der Waals surface area contributed by atoms with E-state index in [1.54, 1.807) is 0 Å². The van der Waals surface area contributed by atoms with E-state index in [-0.39, 0.29) is 5.82 Å². The normalized spacial score (nSPS) is 11.9. The maximum atomic E-state index is 14.1. The van der Waals surface area contributed by atoms with Crippen LogP contribution in [-0.4, -0.2) is 9.13 Å². The minimum Gasteiger partial charge on any atom is -0.454 e. The number of hydrogen-bond donors (Lipinski definition) is 0. The molecule has 8 aromatic carbocycles. The standard InChI is InChI=1S/C48H30FN3O/c49-31-21-23-33(24-22-31)51-43-18-8-5-14-37(43)41-29-34(26-28-44(41)51)50(45-19-10-16-40-39-15-6-9-20-47(39)53-48(40)45)35-25-27-38-36-13-4-7-17-42(36)52(46(38)30-35)32-11-2-1-3-12-32/h1-30H. The van der Waals surface area contributed by atoms with Crippen LogP contribution in [0.1, 0.15) is 0 Å². The first-order valence-electron chi connectivity index (χ1n) is 17.8. The fourth-order valence-corrected chi connectivity index (χ4v) is 8.26. The molecule has 0 bridgehead atoms. The Morgan fingerprint density at radius 3 is 1.75 bits per heavy atom. The molecular weight excluding hydrogens is 654 g/mol. The van der Waals surface area contributed by atoms with Gasteiger partial charge in [0.25, 0.3) is 0 Å². The Kier molecular flexibility index (Phi) is 6.40. The van der Waals surface area contributed by atoms with Gasteiger partial charge in [0.2, 0.25) is 0 Å². The third-order valence-electron chi connectivity index (χ3n) is 10.6. The van der Waals surface area contributed by atoms with Gasteiger partial charge in [0.05, 0.1) is 27.8 Å². The van der Waals surface area contributed by atoms with Crippen LogP contribution in [0, 0.1) is 5.82 Å². The molecular formula is C48H30FN3O. The minimum atomic E-state index is -0.254. The molecule has 4 nitrogen and oxygen atoms in total. The zero-order chi connectivity index (χ0) is 35.0. The Balaban J connectivity index is 1.21. The lowest BCUT2D eigenvalue weighted by atomic mass is 10.1. The molecule has 5 heteroatoms. The fraction of sp³-hybridized carbons (Fsp3) is 0. The van der Waals surface area contributed by atoms with Crippen molar-refractivity contribution in [2.75, 3.05) is 4.90 Å². The number of nitrogens with zero attached hydrogens (tertiary/aromatic N) is 3. The summed E-state index contributed by atoms with van der Waals surface area (Å²) in [6, 6.07) is 62.3. The van der Waals surface area contributed by atoms with Crippen LogP contribution in [0.25, 0.3) is 76.9 Å². The van der Waals surface area contributed by atoms with Gasteiger partial charge in [0.1, 0.15) is 11.4 Å². The Morgan fingerprint density at radius 2 is 0.962 bits per heavy atom. The van der Waals surface area contributed by atoms with Crippen molar-refractivity contribution < 1.29 is 8.81 Å². The van der Waals surface area contributed by atoms with Crippen LogP contribution in [0.3, 0.4) is 0 Å². The highest BCUT2D eigenvalue weighted by atomic mass is 19.1. The van der Waals surface area contributed by atoms with E-state index in [9.17, 15) is 4.39 Å². The van der Waals surface area contributed by atoms with Gasteiger partial charge in [-0.2, -0.15) is 0 Å². The van der Waals surface area contributed by atoms with E-state index in [0.29, 0.717) is 0 Å². The van der Waals surface area contributed by atoms with Crippen molar-refractivity contribution in [1.82, 2.24) is 9.13 Å². The zero-order valence-electron chi connectivity index (χ0n) is 28.4. The van der Waals surface area contributed by atoms with Crippen LogP contribution in [0.5, 0.6) is 0 Å². The number of furan rings is 1. The molecule has 0 aliphatic heterocycles. The van der Waals surface area contributed by atoms with Crippen LogP contribution < -0.4 is 4.90 Å². The summed E-state index contributed by atoms with van der Waals surface area (Å²) in [5, 5.41) is 6.77. The molecule has 53 heavy (non-hydrogen) atoms. The maximum absolute atomic E-state index is 14.1. The third kappa shape index (κ3) is 4.47.